The number of hydrogen-bond acceptors (Lipinski definition) is 5. The van der Waals surface area contributed by atoms with Crippen LogP contribution in [0.5, 0.6) is 0 Å². The van der Waals surface area contributed by atoms with Gasteiger partial charge in [-0.2, -0.15) is 0 Å². The van der Waals surface area contributed by atoms with Gasteiger partial charge in [-0.15, -0.1) is 0 Å². The molecule has 1 aromatic carbocycles. The molecule has 0 unspecified atom stereocenters. The van der Waals surface area contributed by atoms with Crippen LogP contribution in [-0.4, -0.2) is 53.3 Å². The maximum Gasteiger partial charge on any atom is 0.323 e. The molecule has 1 amide bonds. The average molecular weight is 443 g/mol. The predicted octanol–water partition coefficient (Wildman–Crippen LogP) is 3.52. The number of rotatable bonds is 10. The fourth-order valence-electron chi connectivity index (χ4n) is 5.31. The Bertz CT molecular complexity index is 794. The Morgan fingerprint density at radius 2 is 1.84 bits per heavy atom. The second-order valence-corrected chi connectivity index (χ2v) is 9.53. The molecule has 2 fully saturated rings. The van der Waals surface area contributed by atoms with Gasteiger partial charge in [0.2, 0.25) is 5.91 Å². The third-order valence-electron chi connectivity index (χ3n) is 6.95. The van der Waals surface area contributed by atoms with Crippen LogP contribution in [0.3, 0.4) is 0 Å². The highest BCUT2D eigenvalue weighted by molar-refractivity contribution is 5.93. The zero-order chi connectivity index (χ0) is 23.3. The van der Waals surface area contributed by atoms with Crippen LogP contribution in [0.2, 0.25) is 0 Å². The van der Waals surface area contributed by atoms with Crippen molar-refractivity contribution in [2.45, 2.75) is 90.4 Å². The molecule has 0 aromatic heterocycles. The Labute approximate surface area is 192 Å². The van der Waals surface area contributed by atoms with Crippen molar-refractivity contribution in [3.05, 3.63) is 35.9 Å². The van der Waals surface area contributed by atoms with Gasteiger partial charge in [0.25, 0.3) is 0 Å². The maximum absolute atomic E-state index is 13.6. The van der Waals surface area contributed by atoms with Gasteiger partial charge in [0.15, 0.2) is 5.78 Å². The summed E-state index contributed by atoms with van der Waals surface area (Å²) in [7, 11) is 0. The van der Waals surface area contributed by atoms with Crippen LogP contribution >= 0.6 is 0 Å². The van der Waals surface area contributed by atoms with Gasteiger partial charge in [-0.3, -0.25) is 19.7 Å². The van der Waals surface area contributed by atoms with Crippen molar-refractivity contribution in [2.75, 3.05) is 6.61 Å². The number of esters is 1. The molecule has 6 heteroatoms. The van der Waals surface area contributed by atoms with Crippen molar-refractivity contribution in [3.63, 3.8) is 0 Å². The number of carbonyl (C=O) groups is 3. The molecule has 3 rings (SSSR count). The number of fused-ring (bicyclic) bond motifs is 1. The van der Waals surface area contributed by atoms with E-state index in [0.717, 1.165) is 31.2 Å². The van der Waals surface area contributed by atoms with Crippen molar-refractivity contribution in [3.8, 4) is 0 Å². The van der Waals surface area contributed by atoms with Gasteiger partial charge in [-0.25, -0.2) is 0 Å². The number of ketones is 1. The smallest absolute Gasteiger partial charge is 0.323 e. The zero-order valence-electron chi connectivity index (χ0n) is 19.9. The summed E-state index contributed by atoms with van der Waals surface area (Å²) in [6.45, 7) is 7.69. The summed E-state index contributed by atoms with van der Waals surface area (Å²) >= 11 is 0. The summed E-state index contributed by atoms with van der Waals surface area (Å²) in [5.41, 5.74) is 1.14. The fraction of sp³-hybridized carbons (Fsp3) is 0.654. The zero-order valence-corrected chi connectivity index (χ0v) is 19.9. The summed E-state index contributed by atoms with van der Waals surface area (Å²) < 4.78 is 5.28. The predicted molar refractivity (Wildman–Crippen MR) is 124 cm³/mol. The minimum atomic E-state index is -0.574. The van der Waals surface area contributed by atoms with Crippen LogP contribution in [0.1, 0.15) is 65.4 Å². The molecule has 1 aromatic rings. The molecular weight excluding hydrogens is 404 g/mol. The Morgan fingerprint density at radius 3 is 2.50 bits per heavy atom. The number of amides is 1. The third kappa shape index (κ3) is 5.58. The number of nitrogens with one attached hydrogen (secondary N) is 1. The van der Waals surface area contributed by atoms with Gasteiger partial charge >= 0.3 is 5.97 Å². The highest BCUT2D eigenvalue weighted by Crippen LogP contribution is 2.42. The Morgan fingerprint density at radius 1 is 1.12 bits per heavy atom. The van der Waals surface area contributed by atoms with Gasteiger partial charge in [0.1, 0.15) is 6.04 Å². The lowest BCUT2D eigenvalue weighted by Gasteiger charge is -2.33. The summed E-state index contributed by atoms with van der Waals surface area (Å²) in [5.74, 6) is 0.0461. The lowest BCUT2D eigenvalue weighted by Crippen LogP contribution is -2.55. The van der Waals surface area contributed by atoms with E-state index in [-0.39, 0.29) is 35.7 Å². The van der Waals surface area contributed by atoms with E-state index in [1.807, 2.05) is 49.1 Å². The number of aryl methyl sites for hydroxylation is 1. The maximum atomic E-state index is 13.6. The summed E-state index contributed by atoms with van der Waals surface area (Å²) in [4.78, 5) is 41.0. The summed E-state index contributed by atoms with van der Waals surface area (Å²) in [6.07, 6.45) is 5.17. The van der Waals surface area contributed by atoms with E-state index < -0.39 is 12.1 Å². The fourth-order valence-corrected chi connectivity index (χ4v) is 5.31. The number of likely N-dealkylation sites (tertiary alicyclic amines) is 1. The molecule has 0 bridgehead atoms. The molecule has 176 valence electrons. The average Bonchev–Trinajstić information content (AvgIpc) is 3.37. The highest BCUT2D eigenvalue weighted by atomic mass is 16.5. The number of Topliss-reactive ketones (excluding diaryl/α,β-unsaturated/α-hetero) is 1. The van der Waals surface area contributed by atoms with E-state index in [9.17, 15) is 14.4 Å². The number of hydrogen-bond donors (Lipinski definition) is 1. The molecule has 5 atom stereocenters. The first-order valence-corrected chi connectivity index (χ1v) is 12.2. The molecule has 1 N–H and O–H groups in total. The van der Waals surface area contributed by atoms with Crippen LogP contribution in [0, 0.1) is 11.8 Å². The van der Waals surface area contributed by atoms with Crippen LogP contribution in [0.25, 0.3) is 0 Å². The van der Waals surface area contributed by atoms with E-state index in [1.54, 1.807) is 13.8 Å². The topological polar surface area (TPSA) is 75.7 Å². The van der Waals surface area contributed by atoms with Crippen LogP contribution in [0.15, 0.2) is 30.3 Å². The molecule has 1 saturated carbocycles. The van der Waals surface area contributed by atoms with Gasteiger partial charge in [-0.1, -0.05) is 50.6 Å². The molecule has 1 heterocycles. The molecule has 1 aliphatic heterocycles. The summed E-state index contributed by atoms with van der Waals surface area (Å²) in [6, 6.07) is 8.64. The Kier molecular flexibility index (Phi) is 8.46. The van der Waals surface area contributed by atoms with Gasteiger partial charge in [0, 0.05) is 12.0 Å². The van der Waals surface area contributed by atoms with Crippen LogP contribution in [0.4, 0.5) is 0 Å². The first-order chi connectivity index (χ1) is 15.3. The van der Waals surface area contributed by atoms with E-state index >= 15 is 0 Å². The highest BCUT2D eigenvalue weighted by Gasteiger charge is 2.49. The molecular formula is C26H38N2O4. The van der Waals surface area contributed by atoms with Gasteiger partial charge in [0.05, 0.1) is 18.7 Å². The largest absolute Gasteiger partial charge is 0.465 e. The first kappa shape index (κ1) is 24.4. The molecule has 1 aliphatic carbocycles. The molecule has 0 radical (unpaired) electrons. The number of nitrogens with zero attached hydrogens (tertiary/aromatic N) is 1. The normalized spacial score (nSPS) is 24.3. The van der Waals surface area contributed by atoms with Crippen LogP contribution in [-0.2, 0) is 25.5 Å². The number of ether oxygens (including phenoxy) is 1. The SMILES string of the molecule is CCOC(=O)[C@H](CCc1ccccc1)N[C@@H](C)C(=O)N1[C@H](C(=O)C(C)C)C[C@@H]2CCC[C@@H]21. The van der Waals surface area contributed by atoms with Gasteiger partial charge < -0.3 is 9.64 Å². The van der Waals surface area contributed by atoms with E-state index in [4.69, 9.17) is 4.74 Å². The monoisotopic (exact) mass is 442 g/mol. The van der Waals surface area contributed by atoms with E-state index in [0.29, 0.717) is 25.4 Å². The second-order valence-electron chi connectivity index (χ2n) is 9.53. The van der Waals surface area contributed by atoms with Crippen molar-refractivity contribution in [1.29, 1.82) is 0 Å². The van der Waals surface area contributed by atoms with Crippen molar-refractivity contribution < 1.29 is 19.1 Å². The van der Waals surface area contributed by atoms with Crippen molar-refractivity contribution >= 4 is 17.7 Å². The quantitative estimate of drug-likeness (QED) is 0.561. The van der Waals surface area contributed by atoms with E-state index in [2.05, 4.69) is 5.32 Å². The van der Waals surface area contributed by atoms with E-state index in [1.165, 1.54) is 0 Å². The number of carbonyl (C=O) groups excluding carboxylic acids is 3. The third-order valence-corrected chi connectivity index (χ3v) is 6.95. The number of benzene rings is 1. The molecule has 2 aliphatic rings. The molecule has 6 nitrogen and oxygen atoms in total. The van der Waals surface area contributed by atoms with Crippen molar-refractivity contribution in [1.82, 2.24) is 10.2 Å². The second kappa shape index (κ2) is 11.1. The molecule has 32 heavy (non-hydrogen) atoms. The minimum absolute atomic E-state index is 0.0765. The first-order valence-electron chi connectivity index (χ1n) is 12.2. The molecule has 0 spiro atoms. The lowest BCUT2D eigenvalue weighted by molar-refractivity contribution is -0.147. The van der Waals surface area contributed by atoms with Gasteiger partial charge in [-0.05, 0) is 57.4 Å². The Balaban J connectivity index is 1.71. The van der Waals surface area contributed by atoms with Crippen molar-refractivity contribution in [2.24, 2.45) is 11.8 Å². The minimum Gasteiger partial charge on any atom is -0.465 e. The lowest BCUT2D eigenvalue weighted by atomic mass is 9.95. The summed E-state index contributed by atoms with van der Waals surface area (Å²) in [5, 5.41) is 3.24. The Hall–Kier alpha value is -2.21. The molecule has 1 saturated heterocycles. The standard InChI is InChI=1S/C26H38N2O4/c1-5-32-26(31)21(15-14-19-10-7-6-8-11-19)27-18(4)25(30)28-22-13-9-12-20(22)16-23(28)24(29)17(2)3/h6-8,10-11,17-18,20-23,27H,5,9,12-16H2,1-4H3/t18-,20-,21-,22-,23-/m0/s1. The van der Waals surface area contributed by atoms with Crippen LogP contribution < -0.4 is 5.32 Å².